The molecular weight excluding hydrogens is 294 g/mol. The zero-order valence-corrected chi connectivity index (χ0v) is 12.3. The molecule has 0 aliphatic heterocycles. The quantitative estimate of drug-likeness (QED) is 0.774. The molecule has 0 saturated carbocycles. The van der Waals surface area contributed by atoms with Crippen molar-refractivity contribution in [2.45, 2.75) is 24.8 Å². The molecule has 0 spiro atoms. The Labute approximate surface area is 122 Å². The second kappa shape index (κ2) is 5.66. The normalized spacial score (nSPS) is 13.0. The van der Waals surface area contributed by atoms with Crippen LogP contribution in [0.3, 0.4) is 0 Å². The number of aromatic carboxylic acids is 1. The van der Waals surface area contributed by atoms with Gasteiger partial charge in [0.15, 0.2) is 0 Å². The summed E-state index contributed by atoms with van der Waals surface area (Å²) in [4.78, 5) is 10.9. The molecule has 0 saturated heterocycles. The van der Waals surface area contributed by atoms with Gasteiger partial charge in [-0.25, -0.2) is 17.9 Å². The number of nitrogens with one attached hydrogen (secondary N) is 2. The lowest BCUT2D eigenvalue weighted by Crippen LogP contribution is -2.27. The highest BCUT2D eigenvalue weighted by atomic mass is 32.2. The number of aryl methyl sites for hydroxylation is 1. The maximum atomic E-state index is 12.4. The summed E-state index contributed by atoms with van der Waals surface area (Å²) in [6.07, 6.45) is 3.11. The van der Waals surface area contributed by atoms with Gasteiger partial charge in [-0.3, -0.25) is 5.10 Å². The molecule has 3 N–H and O–H groups in total. The maximum absolute atomic E-state index is 12.4. The van der Waals surface area contributed by atoms with Crippen molar-refractivity contribution in [3.8, 4) is 0 Å². The number of benzene rings is 1. The Morgan fingerprint density at radius 1 is 1.43 bits per heavy atom. The third kappa shape index (κ3) is 3.29. The van der Waals surface area contributed by atoms with Crippen molar-refractivity contribution in [2.75, 3.05) is 0 Å². The molecule has 0 amide bonds. The van der Waals surface area contributed by atoms with Crippen LogP contribution < -0.4 is 4.72 Å². The Morgan fingerprint density at radius 2 is 2.14 bits per heavy atom. The van der Waals surface area contributed by atoms with E-state index in [1.54, 1.807) is 20.0 Å². The van der Waals surface area contributed by atoms with E-state index in [0.717, 1.165) is 6.07 Å². The van der Waals surface area contributed by atoms with E-state index in [1.165, 1.54) is 18.3 Å². The Bertz CT molecular complexity index is 754. The van der Waals surface area contributed by atoms with Crippen LogP contribution in [0, 0.1) is 6.92 Å². The first kappa shape index (κ1) is 15.2. The van der Waals surface area contributed by atoms with Gasteiger partial charge in [-0.1, -0.05) is 6.07 Å². The highest BCUT2D eigenvalue weighted by Gasteiger charge is 2.22. The van der Waals surface area contributed by atoms with Gasteiger partial charge in [0.25, 0.3) is 0 Å². The lowest BCUT2D eigenvalue weighted by Gasteiger charge is -2.14. The van der Waals surface area contributed by atoms with Crippen molar-refractivity contribution in [1.82, 2.24) is 14.9 Å². The molecule has 7 nitrogen and oxygen atoms in total. The van der Waals surface area contributed by atoms with E-state index >= 15 is 0 Å². The molecule has 1 atom stereocenters. The molecule has 0 radical (unpaired) electrons. The van der Waals surface area contributed by atoms with Crippen LogP contribution in [0.2, 0.25) is 0 Å². The Kier molecular flexibility index (Phi) is 4.10. The van der Waals surface area contributed by atoms with E-state index < -0.39 is 22.0 Å². The Hall–Kier alpha value is -2.19. The molecule has 1 aromatic carbocycles. The average molecular weight is 309 g/mol. The number of carboxylic acid groups (broad SMARTS) is 1. The number of H-pyrrole nitrogens is 1. The second-order valence-corrected chi connectivity index (χ2v) is 6.34. The molecule has 0 fully saturated rings. The number of aromatic amines is 1. The number of hydrogen-bond acceptors (Lipinski definition) is 4. The summed E-state index contributed by atoms with van der Waals surface area (Å²) in [6.45, 7) is 3.29. The minimum Gasteiger partial charge on any atom is -0.478 e. The van der Waals surface area contributed by atoms with Gasteiger partial charge in [0.05, 0.1) is 16.7 Å². The summed E-state index contributed by atoms with van der Waals surface area (Å²) in [7, 11) is -3.83. The maximum Gasteiger partial charge on any atom is 0.335 e. The summed E-state index contributed by atoms with van der Waals surface area (Å²) in [5.74, 6) is -1.17. The molecule has 21 heavy (non-hydrogen) atoms. The largest absolute Gasteiger partial charge is 0.478 e. The number of rotatable bonds is 5. The topological polar surface area (TPSA) is 112 Å². The molecule has 2 rings (SSSR count). The standard InChI is InChI=1S/C13H15N3O4S/c1-8-3-4-10(13(17)18)5-12(8)21(19,20)16-9(2)11-6-14-15-7-11/h3-7,9,16H,1-2H3,(H,14,15)(H,17,18). The van der Waals surface area contributed by atoms with Crippen molar-refractivity contribution in [1.29, 1.82) is 0 Å². The number of aromatic nitrogens is 2. The summed E-state index contributed by atoms with van der Waals surface area (Å²) in [6, 6.07) is 3.51. The van der Waals surface area contributed by atoms with Crippen LogP contribution in [-0.2, 0) is 10.0 Å². The van der Waals surface area contributed by atoms with Gasteiger partial charge in [-0.2, -0.15) is 5.10 Å². The van der Waals surface area contributed by atoms with E-state index in [1.807, 2.05) is 0 Å². The van der Waals surface area contributed by atoms with Crippen LogP contribution in [0.15, 0.2) is 35.5 Å². The molecule has 1 heterocycles. The predicted molar refractivity (Wildman–Crippen MR) is 75.5 cm³/mol. The van der Waals surface area contributed by atoms with Crippen molar-refractivity contribution in [3.63, 3.8) is 0 Å². The van der Waals surface area contributed by atoms with Gasteiger partial charge < -0.3 is 5.11 Å². The summed E-state index contributed by atoms with van der Waals surface area (Å²) in [5, 5.41) is 15.3. The van der Waals surface area contributed by atoms with Gasteiger partial charge in [-0.15, -0.1) is 0 Å². The molecule has 0 bridgehead atoms. The SMILES string of the molecule is Cc1ccc(C(=O)O)cc1S(=O)(=O)NC(C)c1cn[nH]c1. The fourth-order valence-electron chi connectivity index (χ4n) is 1.88. The van der Waals surface area contributed by atoms with Crippen LogP contribution in [-0.4, -0.2) is 29.7 Å². The third-order valence-corrected chi connectivity index (χ3v) is 4.76. The van der Waals surface area contributed by atoms with Crippen molar-refractivity contribution in [3.05, 3.63) is 47.3 Å². The molecule has 8 heteroatoms. The number of hydrogen-bond donors (Lipinski definition) is 3. The van der Waals surface area contributed by atoms with Crippen molar-refractivity contribution < 1.29 is 18.3 Å². The van der Waals surface area contributed by atoms with Crippen molar-refractivity contribution >= 4 is 16.0 Å². The smallest absolute Gasteiger partial charge is 0.335 e. The first-order chi connectivity index (χ1) is 9.81. The minimum absolute atomic E-state index is 0.0438. The fraction of sp³-hybridized carbons (Fsp3) is 0.231. The van der Waals surface area contributed by atoms with Crippen molar-refractivity contribution in [2.24, 2.45) is 0 Å². The number of nitrogens with zero attached hydrogens (tertiary/aromatic N) is 1. The predicted octanol–water partition coefficient (Wildman–Crippen LogP) is 1.46. The van der Waals surface area contributed by atoms with E-state index in [2.05, 4.69) is 14.9 Å². The number of carboxylic acids is 1. The monoisotopic (exact) mass is 309 g/mol. The lowest BCUT2D eigenvalue weighted by molar-refractivity contribution is 0.0696. The van der Waals surface area contributed by atoms with E-state index in [-0.39, 0.29) is 10.5 Å². The third-order valence-electron chi connectivity index (χ3n) is 3.08. The molecule has 112 valence electrons. The van der Waals surface area contributed by atoms with Gasteiger partial charge in [-0.05, 0) is 31.5 Å². The second-order valence-electron chi connectivity index (χ2n) is 4.66. The fourth-order valence-corrected chi connectivity index (χ4v) is 3.39. The Morgan fingerprint density at radius 3 is 2.71 bits per heavy atom. The molecular formula is C13H15N3O4S. The van der Waals surface area contributed by atoms with Crippen LogP contribution in [0.1, 0.15) is 34.5 Å². The van der Waals surface area contributed by atoms with Crippen LogP contribution in [0.4, 0.5) is 0 Å². The highest BCUT2D eigenvalue weighted by Crippen LogP contribution is 2.20. The molecule has 0 aliphatic rings. The highest BCUT2D eigenvalue weighted by molar-refractivity contribution is 7.89. The van der Waals surface area contributed by atoms with Gasteiger partial charge >= 0.3 is 5.97 Å². The molecule has 1 unspecified atom stereocenters. The molecule has 0 aliphatic carbocycles. The van der Waals surface area contributed by atoms with E-state index in [0.29, 0.717) is 11.1 Å². The molecule has 1 aromatic heterocycles. The zero-order valence-electron chi connectivity index (χ0n) is 11.5. The lowest BCUT2D eigenvalue weighted by atomic mass is 10.1. The van der Waals surface area contributed by atoms with E-state index in [4.69, 9.17) is 5.11 Å². The molecule has 2 aromatic rings. The van der Waals surface area contributed by atoms with Gasteiger partial charge in [0.2, 0.25) is 10.0 Å². The van der Waals surface area contributed by atoms with E-state index in [9.17, 15) is 13.2 Å². The zero-order chi connectivity index (χ0) is 15.6. The first-order valence-corrected chi connectivity index (χ1v) is 7.64. The van der Waals surface area contributed by atoms with Crippen LogP contribution >= 0.6 is 0 Å². The number of carbonyl (C=O) groups is 1. The number of sulfonamides is 1. The summed E-state index contributed by atoms with van der Waals surface area (Å²) >= 11 is 0. The van der Waals surface area contributed by atoms with Gasteiger partial charge in [0.1, 0.15) is 0 Å². The van der Waals surface area contributed by atoms with Crippen LogP contribution in [0.5, 0.6) is 0 Å². The summed E-state index contributed by atoms with van der Waals surface area (Å²) < 4.78 is 27.3. The van der Waals surface area contributed by atoms with Gasteiger partial charge in [0, 0.05) is 17.8 Å². The Balaban J connectivity index is 2.35. The summed E-state index contributed by atoms with van der Waals surface area (Å²) in [5.41, 5.74) is 1.09. The average Bonchev–Trinajstić information content (AvgIpc) is 2.92. The first-order valence-electron chi connectivity index (χ1n) is 6.16. The van der Waals surface area contributed by atoms with Crippen LogP contribution in [0.25, 0.3) is 0 Å². The minimum atomic E-state index is -3.83.